The Bertz CT molecular complexity index is 703. The van der Waals surface area contributed by atoms with E-state index in [2.05, 4.69) is 3.74 Å². The lowest BCUT2D eigenvalue weighted by atomic mass is 10.00. The lowest BCUT2D eigenvalue weighted by Crippen LogP contribution is -2.60. The van der Waals surface area contributed by atoms with E-state index in [-0.39, 0.29) is 0 Å². The van der Waals surface area contributed by atoms with Gasteiger partial charge in [-0.2, -0.15) is 14.0 Å². The lowest BCUT2D eigenvalue weighted by Gasteiger charge is -2.15. The number of rotatable bonds is 2. The Hall–Kier alpha value is -1.21. The van der Waals surface area contributed by atoms with E-state index in [9.17, 15) is 14.0 Å². The zero-order chi connectivity index (χ0) is 13.5. The molecule has 3 rings (SSSR count). The van der Waals surface area contributed by atoms with Crippen LogP contribution in [0.2, 0.25) is 0 Å². The third kappa shape index (κ3) is 2.71. The van der Waals surface area contributed by atoms with Crippen LogP contribution >= 0.6 is 10.8 Å². The standard InChI is InChI=1S/C13H9ClO4S/c15-14(16,17)18-19-8-7-13-11(9-19)6-5-10-3-1-2-4-12(10)13/h1-9H. The van der Waals surface area contributed by atoms with Gasteiger partial charge in [0.1, 0.15) is 14.5 Å². The molecule has 0 saturated carbocycles. The lowest BCUT2D eigenvalue weighted by molar-refractivity contribution is -1.91. The van der Waals surface area contributed by atoms with Gasteiger partial charge in [0.2, 0.25) is 0 Å². The Morgan fingerprint density at radius 3 is 2.58 bits per heavy atom. The molecule has 0 N–H and O–H groups in total. The molecule has 4 nitrogen and oxygen atoms in total. The van der Waals surface area contributed by atoms with E-state index >= 15 is 0 Å². The van der Waals surface area contributed by atoms with Crippen LogP contribution in [-0.2, 0) is 3.74 Å². The summed E-state index contributed by atoms with van der Waals surface area (Å²) >= 11 is 0. The zero-order valence-electron chi connectivity index (χ0n) is 9.62. The van der Waals surface area contributed by atoms with Gasteiger partial charge in [0.25, 0.3) is 0 Å². The first-order valence-corrected chi connectivity index (χ1v) is 7.91. The highest BCUT2D eigenvalue weighted by Crippen LogP contribution is 2.32. The fourth-order valence-corrected chi connectivity index (χ4v) is 3.86. The van der Waals surface area contributed by atoms with Gasteiger partial charge < -0.3 is 0 Å². The van der Waals surface area contributed by atoms with Crippen molar-refractivity contribution < 1.29 is 28.0 Å². The molecule has 2 aromatic carbocycles. The van der Waals surface area contributed by atoms with Gasteiger partial charge in [0.15, 0.2) is 0 Å². The molecule has 1 aliphatic rings. The fourth-order valence-electron chi connectivity index (χ4n) is 2.03. The molecule has 19 heavy (non-hydrogen) atoms. The van der Waals surface area contributed by atoms with Crippen molar-refractivity contribution in [1.82, 2.24) is 0 Å². The summed E-state index contributed by atoms with van der Waals surface area (Å²) in [6.07, 6.45) is 1.79. The first-order chi connectivity index (χ1) is 9.03. The molecule has 1 aliphatic heterocycles. The fraction of sp³-hybridized carbons (Fsp3) is 0. The van der Waals surface area contributed by atoms with Gasteiger partial charge in [-0.15, -0.1) is 0 Å². The molecule has 0 fully saturated rings. The van der Waals surface area contributed by atoms with Crippen LogP contribution in [0.15, 0.2) is 41.8 Å². The van der Waals surface area contributed by atoms with Crippen LogP contribution in [0.1, 0.15) is 11.1 Å². The van der Waals surface area contributed by atoms with Gasteiger partial charge in [-0.05, 0) is 28.0 Å². The molecule has 98 valence electrons. The smallest absolute Gasteiger partial charge is 0.140 e. The second kappa shape index (κ2) is 4.72. The second-order valence-corrected chi connectivity index (χ2v) is 6.40. The van der Waals surface area contributed by atoms with Crippen LogP contribution in [0.25, 0.3) is 16.8 Å². The Kier molecular flexibility index (Phi) is 3.18. The van der Waals surface area contributed by atoms with Crippen molar-refractivity contribution in [3.8, 4) is 0 Å². The molecule has 2 aromatic rings. The zero-order valence-corrected chi connectivity index (χ0v) is 11.2. The first-order valence-electron chi connectivity index (χ1n) is 5.40. The Labute approximate surface area is 114 Å². The highest BCUT2D eigenvalue weighted by atomic mass is 35.7. The third-order valence-corrected chi connectivity index (χ3v) is 4.86. The molecule has 1 heterocycles. The van der Waals surface area contributed by atoms with Crippen LogP contribution in [0.5, 0.6) is 0 Å². The summed E-state index contributed by atoms with van der Waals surface area (Å²) in [7, 11) is -5.55. The molecule has 6 heteroatoms. The van der Waals surface area contributed by atoms with E-state index in [0.717, 1.165) is 21.9 Å². The van der Waals surface area contributed by atoms with Crippen LogP contribution in [0, 0.1) is 10.2 Å². The van der Waals surface area contributed by atoms with Crippen molar-refractivity contribution in [2.75, 3.05) is 0 Å². The van der Waals surface area contributed by atoms with Gasteiger partial charge in [0, 0.05) is 10.8 Å². The Balaban J connectivity index is 2.08. The number of benzene rings is 2. The van der Waals surface area contributed by atoms with Gasteiger partial charge in [0.05, 0.1) is 10.2 Å². The summed E-state index contributed by atoms with van der Waals surface area (Å²) < 4.78 is 36.1. The quantitative estimate of drug-likeness (QED) is 0.735. The SMILES string of the molecule is [O-][Cl+3]([O-])([O-])OS1=Cc2ccc3ccccc3c2C=C1. The van der Waals surface area contributed by atoms with E-state index in [1.807, 2.05) is 36.4 Å². The minimum Gasteiger partial charge on any atom is -0.182 e. The summed E-state index contributed by atoms with van der Waals surface area (Å²) in [5, 5.41) is 5.41. The summed E-state index contributed by atoms with van der Waals surface area (Å²) in [6, 6.07) is 11.8. The monoisotopic (exact) mass is 296 g/mol. The van der Waals surface area contributed by atoms with E-state index in [0.29, 0.717) is 0 Å². The number of fused-ring (bicyclic) bond motifs is 3. The molecule has 0 bridgehead atoms. The molecule has 0 radical (unpaired) electrons. The van der Waals surface area contributed by atoms with E-state index < -0.39 is 21.0 Å². The molecule has 0 aliphatic carbocycles. The van der Waals surface area contributed by atoms with Crippen molar-refractivity contribution >= 4 is 33.0 Å². The summed E-state index contributed by atoms with van der Waals surface area (Å²) in [4.78, 5) is 0. The highest BCUT2D eigenvalue weighted by molar-refractivity contribution is 8.13. The normalized spacial score (nSPS) is 18.2. The van der Waals surface area contributed by atoms with Crippen molar-refractivity contribution in [2.45, 2.75) is 0 Å². The van der Waals surface area contributed by atoms with E-state index in [4.69, 9.17) is 0 Å². The molecule has 1 atom stereocenters. The summed E-state index contributed by atoms with van der Waals surface area (Å²) in [5.74, 6) is 0. The molecule has 0 saturated heterocycles. The van der Waals surface area contributed by atoms with Crippen molar-refractivity contribution in [1.29, 1.82) is 0 Å². The molecular weight excluding hydrogens is 288 g/mol. The molecule has 0 aromatic heterocycles. The maximum atomic E-state index is 10.6. The van der Waals surface area contributed by atoms with E-state index in [1.54, 1.807) is 16.9 Å². The van der Waals surface area contributed by atoms with Gasteiger partial charge >= 0.3 is 0 Å². The second-order valence-electron chi connectivity index (χ2n) is 3.98. The maximum Gasteiger partial charge on any atom is 0.140 e. The highest BCUT2D eigenvalue weighted by Gasteiger charge is 2.22. The summed E-state index contributed by atoms with van der Waals surface area (Å²) in [5.41, 5.74) is 1.87. The number of halogens is 1. The first kappa shape index (κ1) is 12.8. The predicted octanol–water partition coefficient (Wildman–Crippen LogP) is 0.0722. The van der Waals surface area contributed by atoms with E-state index in [1.165, 1.54) is 0 Å². The maximum absolute atomic E-state index is 10.6. The minimum atomic E-state index is -4.41. The average Bonchev–Trinajstić information content (AvgIpc) is 2.36. The van der Waals surface area contributed by atoms with Crippen molar-refractivity contribution in [2.24, 2.45) is 0 Å². The van der Waals surface area contributed by atoms with Crippen LogP contribution in [0.4, 0.5) is 0 Å². The van der Waals surface area contributed by atoms with Gasteiger partial charge in [-0.3, -0.25) is 0 Å². The molecule has 0 spiro atoms. The summed E-state index contributed by atoms with van der Waals surface area (Å²) in [6.45, 7) is 0. The van der Waals surface area contributed by atoms with Crippen LogP contribution in [-0.4, -0.2) is 5.37 Å². The Morgan fingerprint density at radius 1 is 1.00 bits per heavy atom. The molecule has 0 amide bonds. The predicted molar refractivity (Wildman–Crippen MR) is 66.8 cm³/mol. The van der Waals surface area contributed by atoms with Crippen molar-refractivity contribution in [3.63, 3.8) is 0 Å². The van der Waals surface area contributed by atoms with Gasteiger partial charge in [-0.1, -0.05) is 36.4 Å². The third-order valence-electron chi connectivity index (χ3n) is 2.77. The van der Waals surface area contributed by atoms with Crippen LogP contribution in [0.3, 0.4) is 0 Å². The average molecular weight is 297 g/mol. The van der Waals surface area contributed by atoms with Crippen LogP contribution < -0.4 is 14.0 Å². The minimum absolute atomic E-state index is 0.864. The molecule has 1 unspecified atom stereocenters. The van der Waals surface area contributed by atoms with Crippen molar-refractivity contribution in [3.05, 3.63) is 52.9 Å². The molecular formula is C13H9ClO4S. The van der Waals surface area contributed by atoms with Gasteiger partial charge in [-0.25, -0.2) is 0 Å². The number of hydrogen-bond acceptors (Lipinski definition) is 4. The largest absolute Gasteiger partial charge is 0.182 e. The number of hydrogen-bond donors (Lipinski definition) is 0. The topological polar surface area (TPSA) is 78.4 Å². The Morgan fingerprint density at radius 2 is 1.79 bits per heavy atom.